The summed E-state index contributed by atoms with van der Waals surface area (Å²) in [6.07, 6.45) is 0. The van der Waals surface area contributed by atoms with Crippen molar-refractivity contribution in [2.45, 2.75) is 12.7 Å². The molecule has 1 aromatic carbocycles. The van der Waals surface area contributed by atoms with Gasteiger partial charge in [0.1, 0.15) is 11.8 Å². The summed E-state index contributed by atoms with van der Waals surface area (Å²) in [5.74, 6) is -0.399. The van der Waals surface area contributed by atoms with Crippen molar-refractivity contribution < 1.29 is 23.0 Å². The molecule has 1 amide bonds. The Hall–Kier alpha value is -1.44. The molecule has 5 nitrogen and oxygen atoms in total. The molecule has 0 radical (unpaired) electrons. The third-order valence-electron chi connectivity index (χ3n) is 2.03. The maximum atomic E-state index is 11.9. The highest BCUT2D eigenvalue weighted by atomic mass is 35.5. The van der Waals surface area contributed by atoms with E-state index in [1.807, 2.05) is 0 Å². The summed E-state index contributed by atoms with van der Waals surface area (Å²) in [4.78, 5) is 11.5. The second kappa shape index (κ2) is 8.63. The summed E-state index contributed by atoms with van der Waals surface area (Å²) in [5, 5.41) is 2.52. The second-order valence-corrected chi connectivity index (χ2v) is 3.45. The van der Waals surface area contributed by atoms with Gasteiger partial charge in [-0.25, -0.2) is 0 Å². The van der Waals surface area contributed by atoms with Crippen LogP contribution in [0.3, 0.4) is 0 Å². The van der Waals surface area contributed by atoms with Gasteiger partial charge in [-0.2, -0.15) is 8.78 Å². The van der Waals surface area contributed by atoms with Crippen molar-refractivity contribution in [3.8, 4) is 5.75 Å². The first-order valence-corrected chi connectivity index (χ1v) is 5.13. The molecule has 0 fully saturated rings. The van der Waals surface area contributed by atoms with Crippen LogP contribution >= 0.6 is 12.4 Å². The Morgan fingerprint density at radius 1 is 1.37 bits per heavy atom. The number of halogens is 3. The van der Waals surface area contributed by atoms with Crippen molar-refractivity contribution in [1.29, 1.82) is 0 Å². The molecule has 0 saturated heterocycles. The van der Waals surface area contributed by atoms with Gasteiger partial charge in [-0.05, 0) is 24.3 Å². The molecule has 1 atom stereocenters. The molecule has 0 aliphatic heterocycles. The lowest BCUT2D eigenvalue weighted by Gasteiger charge is -2.11. The van der Waals surface area contributed by atoms with Gasteiger partial charge in [0.25, 0.3) is 0 Å². The zero-order valence-electron chi connectivity index (χ0n) is 10.1. The van der Waals surface area contributed by atoms with E-state index in [2.05, 4.69) is 10.1 Å². The number of alkyl halides is 2. The summed E-state index contributed by atoms with van der Waals surface area (Å²) in [7, 11) is 1.43. The largest absolute Gasteiger partial charge is 0.435 e. The van der Waals surface area contributed by atoms with Gasteiger partial charge < -0.3 is 20.5 Å². The van der Waals surface area contributed by atoms with Crippen LogP contribution in [0, 0.1) is 0 Å². The first-order valence-electron chi connectivity index (χ1n) is 5.13. The van der Waals surface area contributed by atoms with Gasteiger partial charge in [0.05, 0.1) is 6.61 Å². The van der Waals surface area contributed by atoms with Crippen LogP contribution in [-0.2, 0) is 9.53 Å². The molecular formula is C11H15ClF2N2O3. The second-order valence-electron chi connectivity index (χ2n) is 3.45. The number of hydrogen-bond donors (Lipinski definition) is 2. The van der Waals surface area contributed by atoms with Gasteiger partial charge in [-0.3, -0.25) is 4.79 Å². The molecule has 8 heteroatoms. The van der Waals surface area contributed by atoms with E-state index in [-0.39, 0.29) is 24.8 Å². The molecular weight excluding hydrogens is 282 g/mol. The van der Waals surface area contributed by atoms with Crippen molar-refractivity contribution in [3.63, 3.8) is 0 Å². The standard InChI is InChI=1S/C11H14F2N2O3.ClH/c1-17-6-9(14)10(16)15-7-2-4-8(5-3-7)18-11(12)13;/h2-5,9,11H,6,14H2,1H3,(H,15,16);1H. The fourth-order valence-corrected chi connectivity index (χ4v) is 1.21. The smallest absolute Gasteiger partial charge is 0.387 e. The average Bonchev–Trinajstić information content (AvgIpc) is 2.31. The van der Waals surface area contributed by atoms with Crippen molar-refractivity contribution in [3.05, 3.63) is 24.3 Å². The van der Waals surface area contributed by atoms with Gasteiger partial charge >= 0.3 is 6.61 Å². The summed E-state index contributed by atoms with van der Waals surface area (Å²) >= 11 is 0. The molecule has 0 saturated carbocycles. The lowest BCUT2D eigenvalue weighted by Crippen LogP contribution is -2.39. The number of benzene rings is 1. The molecule has 0 bridgehead atoms. The number of amides is 1. The Balaban J connectivity index is 0.00000324. The number of rotatable bonds is 6. The molecule has 1 aromatic rings. The third kappa shape index (κ3) is 6.32. The highest BCUT2D eigenvalue weighted by Gasteiger charge is 2.13. The molecule has 108 valence electrons. The normalized spacial score (nSPS) is 11.6. The predicted molar refractivity (Wildman–Crippen MR) is 68.8 cm³/mol. The van der Waals surface area contributed by atoms with Gasteiger partial charge in [0.15, 0.2) is 0 Å². The zero-order valence-corrected chi connectivity index (χ0v) is 11.0. The molecule has 0 heterocycles. The molecule has 0 aliphatic carbocycles. The Morgan fingerprint density at radius 2 is 1.95 bits per heavy atom. The van der Waals surface area contributed by atoms with Crippen LogP contribution in [0.4, 0.5) is 14.5 Å². The number of ether oxygens (including phenoxy) is 2. The lowest BCUT2D eigenvalue weighted by molar-refractivity contribution is -0.118. The summed E-state index contributed by atoms with van der Waals surface area (Å²) in [5.41, 5.74) is 5.95. The predicted octanol–water partition coefficient (Wildman–Crippen LogP) is 1.62. The van der Waals surface area contributed by atoms with Gasteiger partial charge in [0, 0.05) is 12.8 Å². The first kappa shape index (κ1) is 17.6. The van der Waals surface area contributed by atoms with Gasteiger partial charge in [0.2, 0.25) is 5.91 Å². The number of carbonyl (C=O) groups excluding carboxylic acids is 1. The topological polar surface area (TPSA) is 73.6 Å². The lowest BCUT2D eigenvalue weighted by atomic mass is 10.2. The number of nitrogens with two attached hydrogens (primary N) is 1. The third-order valence-corrected chi connectivity index (χ3v) is 2.03. The first-order chi connectivity index (χ1) is 8.52. The number of nitrogens with one attached hydrogen (secondary N) is 1. The Kier molecular flexibility index (Phi) is 7.97. The molecule has 0 aromatic heterocycles. The minimum absolute atomic E-state index is 0. The molecule has 0 aliphatic rings. The average molecular weight is 297 g/mol. The number of hydrogen-bond acceptors (Lipinski definition) is 4. The summed E-state index contributed by atoms with van der Waals surface area (Å²) in [6.45, 7) is -2.78. The molecule has 1 unspecified atom stereocenters. The molecule has 1 rings (SSSR count). The fourth-order valence-electron chi connectivity index (χ4n) is 1.21. The highest BCUT2D eigenvalue weighted by molar-refractivity contribution is 5.94. The Morgan fingerprint density at radius 3 is 2.42 bits per heavy atom. The maximum absolute atomic E-state index is 11.9. The van der Waals surface area contributed by atoms with E-state index in [4.69, 9.17) is 10.5 Å². The molecule has 0 spiro atoms. The fraction of sp³-hybridized carbons (Fsp3) is 0.364. The quantitative estimate of drug-likeness (QED) is 0.836. The van der Waals surface area contributed by atoms with Crippen molar-refractivity contribution in [1.82, 2.24) is 0 Å². The van der Waals surface area contributed by atoms with E-state index in [0.717, 1.165) is 0 Å². The van der Waals surface area contributed by atoms with Crippen LogP contribution < -0.4 is 15.8 Å². The van der Waals surface area contributed by atoms with Crippen LogP contribution in [0.5, 0.6) is 5.75 Å². The van der Waals surface area contributed by atoms with Crippen molar-refractivity contribution >= 4 is 24.0 Å². The number of carbonyl (C=O) groups is 1. The minimum atomic E-state index is -2.87. The van der Waals surface area contributed by atoms with Crippen molar-refractivity contribution in [2.24, 2.45) is 5.73 Å². The summed E-state index contributed by atoms with van der Waals surface area (Å²) < 4.78 is 32.7. The summed E-state index contributed by atoms with van der Waals surface area (Å²) in [6, 6.07) is 4.74. The SMILES string of the molecule is COCC(N)C(=O)Nc1ccc(OC(F)F)cc1.Cl. The van der Waals surface area contributed by atoms with Crippen LogP contribution in [0.15, 0.2) is 24.3 Å². The maximum Gasteiger partial charge on any atom is 0.387 e. The van der Waals surface area contributed by atoms with E-state index < -0.39 is 18.6 Å². The highest BCUT2D eigenvalue weighted by Crippen LogP contribution is 2.17. The molecule has 3 N–H and O–H groups in total. The van der Waals surface area contributed by atoms with E-state index in [0.29, 0.717) is 5.69 Å². The van der Waals surface area contributed by atoms with Crippen LogP contribution in [0.2, 0.25) is 0 Å². The van der Waals surface area contributed by atoms with E-state index in [1.54, 1.807) is 0 Å². The number of anilines is 1. The van der Waals surface area contributed by atoms with Gasteiger partial charge in [-0.1, -0.05) is 0 Å². The Labute approximate surface area is 115 Å². The van der Waals surface area contributed by atoms with Gasteiger partial charge in [-0.15, -0.1) is 12.4 Å². The van der Waals surface area contributed by atoms with Crippen LogP contribution in [0.1, 0.15) is 0 Å². The van der Waals surface area contributed by atoms with E-state index >= 15 is 0 Å². The van der Waals surface area contributed by atoms with E-state index in [9.17, 15) is 13.6 Å². The zero-order chi connectivity index (χ0) is 13.5. The number of methoxy groups -OCH3 is 1. The monoisotopic (exact) mass is 296 g/mol. The van der Waals surface area contributed by atoms with E-state index in [1.165, 1.54) is 31.4 Å². The minimum Gasteiger partial charge on any atom is -0.435 e. The van der Waals surface area contributed by atoms with Crippen LogP contribution in [-0.4, -0.2) is 32.3 Å². The molecule has 19 heavy (non-hydrogen) atoms. The van der Waals surface area contributed by atoms with Crippen LogP contribution in [0.25, 0.3) is 0 Å². The Bertz CT molecular complexity index is 390. The van der Waals surface area contributed by atoms with Crippen molar-refractivity contribution in [2.75, 3.05) is 19.0 Å².